The number of aromatic nitrogens is 6. The van der Waals surface area contributed by atoms with Gasteiger partial charge in [0, 0.05) is 24.4 Å². The van der Waals surface area contributed by atoms with Gasteiger partial charge < -0.3 is 16.0 Å². The van der Waals surface area contributed by atoms with Crippen LogP contribution < -0.4 is 16.0 Å². The van der Waals surface area contributed by atoms with Crippen LogP contribution in [0.15, 0.2) is 48.7 Å². The molecular formula is C28H26ClF2N9O3S. The third-order valence-corrected chi connectivity index (χ3v) is 9.22. The number of fused-ring (bicyclic) bond motifs is 1. The molecule has 44 heavy (non-hydrogen) atoms. The Balaban J connectivity index is 1.27. The predicted octanol–water partition coefficient (Wildman–Crippen LogP) is 5.15. The zero-order chi connectivity index (χ0) is 31.0. The number of sulfone groups is 1. The molecule has 12 nitrogen and oxygen atoms in total. The fourth-order valence-corrected chi connectivity index (χ4v) is 6.58. The minimum Gasteiger partial charge on any atom is -0.350 e. The minimum absolute atomic E-state index is 0.0626. The number of anilines is 4. The van der Waals surface area contributed by atoms with E-state index in [1.807, 2.05) is 13.0 Å². The first-order valence-corrected chi connectivity index (χ1v) is 15.8. The molecule has 0 atom stereocenters. The van der Waals surface area contributed by atoms with Crippen molar-refractivity contribution in [2.75, 3.05) is 27.5 Å². The average molecular weight is 642 g/mol. The average Bonchev–Trinajstić information content (AvgIpc) is 3.60. The van der Waals surface area contributed by atoms with E-state index in [1.54, 1.807) is 16.9 Å². The molecule has 0 bridgehead atoms. The van der Waals surface area contributed by atoms with Gasteiger partial charge in [0.1, 0.15) is 27.3 Å². The second-order valence-electron chi connectivity index (χ2n) is 10.4. The van der Waals surface area contributed by atoms with Gasteiger partial charge in [-0.1, -0.05) is 17.7 Å². The highest BCUT2D eigenvalue weighted by molar-refractivity contribution is 7.91. The first-order chi connectivity index (χ1) is 21.0. The van der Waals surface area contributed by atoms with Crippen molar-refractivity contribution < 1.29 is 22.0 Å². The number of nitrogens with one attached hydrogen (secondary N) is 4. The van der Waals surface area contributed by atoms with E-state index < -0.39 is 27.4 Å². The van der Waals surface area contributed by atoms with Crippen molar-refractivity contribution in [2.45, 2.75) is 32.4 Å². The lowest BCUT2D eigenvalue weighted by Gasteiger charge is -2.22. The normalized spacial score (nSPS) is 14.9. The van der Waals surface area contributed by atoms with Crippen LogP contribution in [0.4, 0.5) is 32.1 Å². The summed E-state index contributed by atoms with van der Waals surface area (Å²) in [7, 11) is -3.07. The third kappa shape index (κ3) is 6.33. The van der Waals surface area contributed by atoms with E-state index >= 15 is 0 Å². The fraction of sp³-hybridized carbons (Fsp3) is 0.250. The van der Waals surface area contributed by atoms with Crippen LogP contribution >= 0.6 is 11.6 Å². The third-order valence-electron chi connectivity index (χ3n) is 7.18. The molecule has 2 aromatic carbocycles. The van der Waals surface area contributed by atoms with Crippen LogP contribution in [0.2, 0.25) is 5.02 Å². The van der Waals surface area contributed by atoms with Gasteiger partial charge >= 0.3 is 0 Å². The molecule has 1 aliphatic rings. The van der Waals surface area contributed by atoms with Gasteiger partial charge in [-0.2, -0.15) is 20.2 Å². The Labute approximate surface area is 255 Å². The molecule has 0 spiro atoms. The number of aryl methyl sites for hydroxylation is 1. The smallest absolute Gasteiger partial charge is 0.257 e. The van der Waals surface area contributed by atoms with Gasteiger partial charge in [-0.3, -0.25) is 9.89 Å². The monoisotopic (exact) mass is 641 g/mol. The zero-order valence-corrected chi connectivity index (χ0v) is 24.8. The Kier molecular flexibility index (Phi) is 7.90. The molecule has 0 aliphatic carbocycles. The largest absolute Gasteiger partial charge is 0.350 e. The van der Waals surface area contributed by atoms with Gasteiger partial charge in [-0.05, 0) is 49.6 Å². The predicted molar refractivity (Wildman–Crippen MR) is 162 cm³/mol. The summed E-state index contributed by atoms with van der Waals surface area (Å²) in [5.74, 6) is -0.840. The highest BCUT2D eigenvalue weighted by Crippen LogP contribution is 2.31. The number of aromatic amines is 1. The first kappa shape index (κ1) is 29.4. The number of hydrogen-bond acceptors (Lipinski definition) is 9. The van der Waals surface area contributed by atoms with Gasteiger partial charge in [0.15, 0.2) is 11.5 Å². The second-order valence-corrected chi connectivity index (χ2v) is 13.1. The van der Waals surface area contributed by atoms with Crippen LogP contribution in [0, 0.1) is 18.6 Å². The number of H-pyrrole nitrogens is 1. The molecule has 1 saturated heterocycles. The Morgan fingerprint density at radius 1 is 1.11 bits per heavy atom. The summed E-state index contributed by atoms with van der Waals surface area (Å²) in [4.78, 5) is 22.2. The van der Waals surface area contributed by atoms with E-state index in [9.17, 15) is 22.0 Å². The van der Waals surface area contributed by atoms with E-state index in [1.165, 1.54) is 12.1 Å². The topological polar surface area (TPSA) is 160 Å². The van der Waals surface area contributed by atoms with E-state index in [2.05, 4.69) is 36.2 Å². The molecule has 0 saturated carbocycles. The molecule has 4 N–H and O–H groups in total. The van der Waals surface area contributed by atoms with Crippen molar-refractivity contribution in [3.8, 4) is 0 Å². The Morgan fingerprint density at radius 3 is 2.66 bits per heavy atom. The quantitative estimate of drug-likeness (QED) is 0.180. The van der Waals surface area contributed by atoms with Gasteiger partial charge in [-0.25, -0.2) is 21.9 Å². The van der Waals surface area contributed by atoms with Crippen molar-refractivity contribution in [1.82, 2.24) is 29.9 Å². The number of hydrogen-bond donors (Lipinski definition) is 4. The minimum atomic E-state index is -3.07. The summed E-state index contributed by atoms with van der Waals surface area (Å²) in [6.45, 7) is 2.04. The number of benzene rings is 2. The van der Waals surface area contributed by atoms with Crippen LogP contribution in [0.3, 0.4) is 0 Å². The highest BCUT2D eigenvalue weighted by Gasteiger charge is 2.27. The Morgan fingerprint density at radius 2 is 1.91 bits per heavy atom. The van der Waals surface area contributed by atoms with Crippen molar-refractivity contribution >= 4 is 61.7 Å². The Bertz CT molecular complexity index is 1980. The van der Waals surface area contributed by atoms with Crippen LogP contribution in [0.5, 0.6) is 0 Å². The standard InChI is InChI=1S/C28H26ClF2N9O3S/c1-15-10-24(39-38-15)35-25-20-14-33-40(18-6-8-44(42,43)9-7-18)26(20)37-28(36-25)32-13-16-2-4-21(29)19(11-16)27(41)34-23-12-17(30)3-5-22(23)31/h2-5,10-12,14,18H,6-9,13H2,1H3,(H,34,41)(H3,32,35,36,37,38,39). The fourth-order valence-electron chi connectivity index (χ4n) is 4.91. The van der Waals surface area contributed by atoms with E-state index in [0.29, 0.717) is 41.1 Å². The Hall–Kier alpha value is -4.63. The number of halogens is 3. The molecule has 1 fully saturated rings. The molecule has 16 heteroatoms. The number of rotatable bonds is 8. The van der Waals surface area contributed by atoms with Crippen molar-refractivity contribution in [2.24, 2.45) is 0 Å². The first-order valence-electron chi connectivity index (χ1n) is 13.6. The summed E-state index contributed by atoms with van der Waals surface area (Å²) in [5.41, 5.74) is 1.74. The van der Waals surface area contributed by atoms with Gasteiger partial charge in [0.05, 0.1) is 45.4 Å². The maximum Gasteiger partial charge on any atom is 0.257 e. The maximum absolute atomic E-state index is 14.1. The molecule has 1 aliphatic heterocycles. The SMILES string of the molecule is Cc1cc(Nc2nc(NCc3ccc(Cl)c(C(=O)Nc4cc(F)ccc4F)c3)nc3c2cnn3C2CCS(=O)(=O)CC2)n[nH]1. The maximum atomic E-state index is 14.1. The van der Waals surface area contributed by atoms with Crippen LogP contribution in [0.1, 0.15) is 40.5 Å². The van der Waals surface area contributed by atoms with Crippen molar-refractivity contribution in [3.63, 3.8) is 0 Å². The second kappa shape index (κ2) is 11.8. The zero-order valence-electron chi connectivity index (χ0n) is 23.2. The van der Waals surface area contributed by atoms with Gasteiger partial charge in [-0.15, -0.1) is 0 Å². The molecule has 228 valence electrons. The molecular weight excluding hydrogens is 616 g/mol. The van der Waals surface area contributed by atoms with Gasteiger partial charge in [0.25, 0.3) is 5.91 Å². The van der Waals surface area contributed by atoms with E-state index in [4.69, 9.17) is 16.6 Å². The summed E-state index contributed by atoms with van der Waals surface area (Å²) in [6.07, 6.45) is 2.47. The molecule has 0 radical (unpaired) electrons. The summed E-state index contributed by atoms with van der Waals surface area (Å²) in [6, 6.07) is 9.16. The summed E-state index contributed by atoms with van der Waals surface area (Å²) >= 11 is 6.27. The number of carbonyl (C=O) groups excluding carboxylic acids is 1. The van der Waals surface area contributed by atoms with Crippen molar-refractivity contribution in [1.29, 1.82) is 0 Å². The molecule has 1 amide bonds. The summed E-state index contributed by atoms with van der Waals surface area (Å²) in [5, 5.41) is 21.1. The van der Waals surface area contributed by atoms with E-state index in [-0.39, 0.29) is 46.3 Å². The summed E-state index contributed by atoms with van der Waals surface area (Å²) < 4.78 is 53.5. The number of nitrogens with zero attached hydrogens (tertiary/aromatic N) is 5. The van der Waals surface area contributed by atoms with E-state index in [0.717, 1.165) is 23.9 Å². The molecule has 6 rings (SSSR count). The van der Waals surface area contributed by atoms with Crippen molar-refractivity contribution in [3.05, 3.63) is 82.1 Å². The lowest BCUT2D eigenvalue weighted by Crippen LogP contribution is -2.26. The lowest BCUT2D eigenvalue weighted by atomic mass is 10.1. The molecule has 4 heterocycles. The van der Waals surface area contributed by atoms with Crippen LogP contribution in [-0.4, -0.2) is 55.8 Å². The van der Waals surface area contributed by atoms with Crippen LogP contribution in [-0.2, 0) is 16.4 Å². The molecule has 3 aromatic heterocycles. The molecule has 0 unspecified atom stereocenters. The lowest BCUT2D eigenvalue weighted by molar-refractivity contribution is 0.102. The van der Waals surface area contributed by atoms with Crippen LogP contribution in [0.25, 0.3) is 11.0 Å². The molecule has 5 aromatic rings. The number of carbonyl (C=O) groups is 1. The van der Waals surface area contributed by atoms with Gasteiger partial charge in [0.2, 0.25) is 5.95 Å². The number of amides is 1. The highest BCUT2D eigenvalue weighted by atomic mass is 35.5.